The molecular formula is C19H25FN6O. The molecule has 0 radical (unpaired) electrons. The van der Waals surface area contributed by atoms with Gasteiger partial charge in [0.05, 0.1) is 23.9 Å². The fourth-order valence-electron chi connectivity index (χ4n) is 3.34. The lowest BCUT2D eigenvalue weighted by Crippen LogP contribution is -2.58. The van der Waals surface area contributed by atoms with Crippen molar-refractivity contribution in [3.63, 3.8) is 0 Å². The first-order chi connectivity index (χ1) is 12.6. The van der Waals surface area contributed by atoms with Gasteiger partial charge in [-0.1, -0.05) is 0 Å². The first-order valence-corrected chi connectivity index (χ1v) is 8.74. The van der Waals surface area contributed by atoms with Gasteiger partial charge in [-0.25, -0.2) is 14.4 Å². The molecule has 1 amide bonds. The van der Waals surface area contributed by atoms with Gasteiger partial charge in [0, 0.05) is 18.3 Å². The molecule has 1 aliphatic heterocycles. The van der Waals surface area contributed by atoms with Gasteiger partial charge < -0.3 is 16.0 Å². The van der Waals surface area contributed by atoms with E-state index in [4.69, 9.17) is 5.73 Å². The van der Waals surface area contributed by atoms with Gasteiger partial charge in [-0.3, -0.25) is 9.69 Å². The Labute approximate surface area is 157 Å². The van der Waals surface area contributed by atoms with E-state index in [2.05, 4.69) is 20.3 Å². The second-order valence-electron chi connectivity index (χ2n) is 7.57. The van der Waals surface area contributed by atoms with E-state index < -0.39 is 16.8 Å². The summed E-state index contributed by atoms with van der Waals surface area (Å²) in [5.41, 5.74) is 5.79. The number of hydrogen-bond donors (Lipinski definition) is 3. The van der Waals surface area contributed by atoms with Crippen molar-refractivity contribution in [2.75, 3.05) is 12.4 Å². The minimum Gasteiger partial charge on any atom is -0.379 e. The van der Waals surface area contributed by atoms with E-state index in [0.29, 0.717) is 12.1 Å². The van der Waals surface area contributed by atoms with Crippen LogP contribution in [0, 0.1) is 18.2 Å². The lowest BCUT2D eigenvalue weighted by molar-refractivity contribution is -0.140. The fraction of sp³-hybridized carbons (Fsp3) is 0.421. The molecule has 0 bridgehead atoms. The normalized spacial score (nSPS) is 21.9. The number of imidazole rings is 1. The van der Waals surface area contributed by atoms with Gasteiger partial charge in [-0.2, -0.15) is 0 Å². The zero-order valence-electron chi connectivity index (χ0n) is 16.2. The minimum absolute atomic E-state index is 0.0764. The molecule has 0 aliphatic carbocycles. The predicted octanol–water partition coefficient (Wildman–Crippen LogP) is 2.50. The van der Waals surface area contributed by atoms with Crippen LogP contribution < -0.4 is 11.1 Å². The molecule has 0 saturated carbocycles. The van der Waals surface area contributed by atoms with Gasteiger partial charge in [0.2, 0.25) is 5.91 Å². The number of aliphatic imine (C=N–C) groups is 1. The Morgan fingerprint density at radius 3 is 2.67 bits per heavy atom. The highest BCUT2D eigenvalue weighted by molar-refractivity contribution is 6.01. The lowest BCUT2D eigenvalue weighted by atomic mass is 9.67. The van der Waals surface area contributed by atoms with Crippen molar-refractivity contribution in [2.45, 2.75) is 39.8 Å². The van der Waals surface area contributed by atoms with E-state index in [9.17, 15) is 9.18 Å². The first kappa shape index (κ1) is 18.9. The van der Waals surface area contributed by atoms with Gasteiger partial charge in [-0.15, -0.1) is 0 Å². The zero-order valence-corrected chi connectivity index (χ0v) is 16.2. The van der Waals surface area contributed by atoms with E-state index in [-0.39, 0.29) is 11.9 Å². The summed E-state index contributed by atoms with van der Waals surface area (Å²) in [5, 5.41) is 3.24. The van der Waals surface area contributed by atoms with Crippen LogP contribution in [0.5, 0.6) is 0 Å². The maximum absolute atomic E-state index is 14.8. The molecule has 8 heteroatoms. The summed E-state index contributed by atoms with van der Waals surface area (Å²) in [6.45, 7) is 7.65. The number of carbonyl (C=O) groups is 1. The average Bonchev–Trinajstić information content (AvgIpc) is 3.03. The second kappa shape index (κ2) is 6.37. The number of nitrogens with two attached hydrogens (primary N) is 1. The quantitative estimate of drug-likeness (QED) is 0.768. The topological polar surface area (TPSA) is 99.4 Å². The number of guanidine groups is 1. The number of H-pyrrole nitrogens is 1. The number of anilines is 1. The summed E-state index contributed by atoms with van der Waals surface area (Å²) < 4.78 is 14.8. The number of rotatable bonds is 4. The van der Waals surface area contributed by atoms with Crippen molar-refractivity contribution >= 4 is 17.6 Å². The number of nitrogens with zero attached hydrogens (tertiary/aromatic N) is 3. The van der Waals surface area contributed by atoms with Gasteiger partial charge in [0.1, 0.15) is 17.2 Å². The third kappa shape index (κ3) is 3.05. The van der Waals surface area contributed by atoms with Crippen molar-refractivity contribution in [2.24, 2.45) is 16.1 Å². The second-order valence-corrected chi connectivity index (χ2v) is 7.57. The number of aromatic amines is 1. The van der Waals surface area contributed by atoms with Gasteiger partial charge >= 0.3 is 0 Å². The summed E-state index contributed by atoms with van der Waals surface area (Å²) in [7, 11) is 1.57. The Morgan fingerprint density at radius 1 is 1.33 bits per heavy atom. The maximum atomic E-state index is 14.8. The highest BCUT2D eigenvalue weighted by Crippen LogP contribution is 2.47. The third-order valence-electron chi connectivity index (χ3n) is 5.47. The molecule has 2 aromatic rings. The molecule has 3 rings (SSSR count). The fourth-order valence-corrected chi connectivity index (χ4v) is 3.34. The summed E-state index contributed by atoms with van der Waals surface area (Å²) in [4.78, 5) is 25.9. The van der Waals surface area contributed by atoms with Crippen molar-refractivity contribution < 1.29 is 9.18 Å². The smallest absolute Gasteiger partial charge is 0.237 e. The lowest BCUT2D eigenvalue weighted by Gasteiger charge is -2.46. The summed E-state index contributed by atoms with van der Waals surface area (Å²) in [6, 6.07) is 4.73. The number of aromatic nitrogens is 2. The van der Waals surface area contributed by atoms with Gasteiger partial charge in [0.25, 0.3) is 0 Å². The van der Waals surface area contributed by atoms with Crippen LogP contribution in [0.1, 0.15) is 37.9 Å². The van der Waals surface area contributed by atoms with E-state index in [1.807, 2.05) is 6.92 Å². The number of halogens is 1. The maximum Gasteiger partial charge on any atom is 0.237 e. The Hall–Kier alpha value is -2.90. The number of nitrogens with one attached hydrogen (secondary N) is 2. The average molecular weight is 372 g/mol. The van der Waals surface area contributed by atoms with Crippen molar-refractivity contribution in [1.29, 1.82) is 0 Å². The molecule has 2 heterocycles. The molecular weight excluding hydrogens is 347 g/mol. The molecule has 1 unspecified atom stereocenters. The van der Waals surface area contributed by atoms with Crippen molar-refractivity contribution in [1.82, 2.24) is 14.9 Å². The van der Waals surface area contributed by atoms with Gasteiger partial charge in [0.15, 0.2) is 5.96 Å². The number of carbonyl (C=O) groups excluding carboxylic acids is 1. The van der Waals surface area contributed by atoms with E-state index >= 15 is 0 Å². The summed E-state index contributed by atoms with van der Waals surface area (Å²) in [6.07, 6.45) is 1.75. The van der Waals surface area contributed by atoms with Crippen LogP contribution >= 0.6 is 0 Å². The zero-order chi connectivity index (χ0) is 20.0. The molecule has 0 fully saturated rings. The number of amides is 1. The van der Waals surface area contributed by atoms with Crippen LogP contribution in [0.15, 0.2) is 29.4 Å². The Kier molecular flexibility index (Phi) is 4.45. The van der Waals surface area contributed by atoms with Gasteiger partial charge in [-0.05, 0) is 45.9 Å². The first-order valence-electron chi connectivity index (χ1n) is 8.74. The predicted molar refractivity (Wildman–Crippen MR) is 103 cm³/mol. The highest BCUT2D eigenvalue weighted by atomic mass is 19.1. The molecule has 1 atom stereocenters. The SMILES string of the molecule is Cc1ncc(CNc2ccc(F)c(C3(C)N=C(N)N(C)C(=O)C3(C)C)c2)[nH]1. The molecule has 1 aromatic carbocycles. The minimum atomic E-state index is -1.13. The van der Waals surface area contributed by atoms with E-state index in [0.717, 1.165) is 17.2 Å². The number of hydrogen-bond acceptors (Lipinski definition) is 5. The molecule has 0 spiro atoms. The van der Waals surface area contributed by atoms with Crippen molar-refractivity contribution in [3.8, 4) is 0 Å². The highest BCUT2D eigenvalue weighted by Gasteiger charge is 2.53. The van der Waals surface area contributed by atoms with Crippen LogP contribution in [0.3, 0.4) is 0 Å². The van der Waals surface area contributed by atoms with E-state index in [1.54, 1.807) is 46.1 Å². The molecule has 7 nitrogen and oxygen atoms in total. The largest absolute Gasteiger partial charge is 0.379 e. The molecule has 1 aromatic heterocycles. The standard InChI is InChI=1S/C19H25FN6O/c1-11-22-9-13(24-11)10-23-12-6-7-15(20)14(8-12)19(4)18(2,3)16(27)26(5)17(21)25-19/h6-9,23H,10H2,1-5H3,(H2,21,25)(H,22,24). The van der Waals surface area contributed by atoms with Crippen LogP contribution in [-0.2, 0) is 16.9 Å². The Morgan fingerprint density at radius 2 is 2.04 bits per heavy atom. The Balaban J connectivity index is 1.99. The van der Waals surface area contributed by atoms with Crippen LogP contribution in [0.4, 0.5) is 10.1 Å². The van der Waals surface area contributed by atoms with Crippen molar-refractivity contribution in [3.05, 3.63) is 47.3 Å². The number of aryl methyl sites for hydroxylation is 1. The molecule has 144 valence electrons. The molecule has 1 aliphatic rings. The molecule has 0 saturated heterocycles. The Bertz CT molecular complexity index is 919. The van der Waals surface area contributed by atoms with E-state index in [1.165, 1.54) is 11.0 Å². The van der Waals surface area contributed by atoms with Crippen LogP contribution in [0.25, 0.3) is 0 Å². The monoisotopic (exact) mass is 372 g/mol. The third-order valence-corrected chi connectivity index (χ3v) is 5.47. The summed E-state index contributed by atoms with van der Waals surface area (Å²) >= 11 is 0. The number of benzene rings is 1. The summed E-state index contributed by atoms with van der Waals surface area (Å²) in [5.74, 6) is 0.272. The molecule has 27 heavy (non-hydrogen) atoms. The molecule has 4 N–H and O–H groups in total. The van der Waals surface area contributed by atoms with Crippen LogP contribution in [0.2, 0.25) is 0 Å². The van der Waals surface area contributed by atoms with Crippen LogP contribution in [-0.4, -0.2) is 33.8 Å².